The number of alkyl halides is 2. The molecule has 2 aromatic carbocycles. The minimum atomic E-state index is -2.26. The molecule has 5 aliphatic rings. The van der Waals surface area contributed by atoms with Gasteiger partial charge in [0, 0.05) is 28.0 Å². The predicted octanol–water partition coefficient (Wildman–Crippen LogP) is 4.50. The van der Waals surface area contributed by atoms with Gasteiger partial charge in [-0.25, -0.2) is 8.78 Å². The topological polar surface area (TPSA) is 131 Å². The van der Waals surface area contributed by atoms with E-state index in [0.717, 1.165) is 0 Å². The number of ether oxygens (including phenoxy) is 3. The van der Waals surface area contributed by atoms with Gasteiger partial charge in [-0.3, -0.25) is 4.79 Å². The molecule has 0 amide bonds. The lowest BCUT2D eigenvalue weighted by molar-refractivity contribution is -0.235. The van der Waals surface area contributed by atoms with E-state index in [4.69, 9.17) is 19.9 Å². The number of carbonyl (C=O) groups excluding carboxylic acids is 1. The van der Waals surface area contributed by atoms with Crippen molar-refractivity contribution in [3.05, 3.63) is 77.9 Å². The van der Waals surface area contributed by atoms with E-state index in [9.17, 15) is 20.1 Å². The molecule has 1 saturated heterocycles. The number of aliphatic hydroxyl groups is 3. The second-order valence-corrected chi connectivity index (χ2v) is 13.4. The van der Waals surface area contributed by atoms with Crippen molar-refractivity contribution in [2.24, 2.45) is 22.7 Å². The third-order valence-corrected chi connectivity index (χ3v) is 11.3. The van der Waals surface area contributed by atoms with Gasteiger partial charge in [0.2, 0.25) is 0 Å². The Hall–Kier alpha value is -3.15. The van der Waals surface area contributed by atoms with E-state index in [0.29, 0.717) is 22.7 Å². The third kappa shape index (κ3) is 3.81. The van der Waals surface area contributed by atoms with E-state index in [1.807, 2.05) is 0 Å². The molecule has 0 spiro atoms. The van der Waals surface area contributed by atoms with Crippen molar-refractivity contribution in [2.45, 2.75) is 75.2 Å². The number of anilines is 1. The molecular formula is C34H37F2NO7. The average molecular weight is 610 g/mol. The zero-order chi connectivity index (χ0) is 31.2. The highest BCUT2D eigenvalue weighted by molar-refractivity contribution is 5.91. The molecule has 44 heavy (non-hydrogen) atoms. The summed E-state index contributed by atoms with van der Waals surface area (Å²) in [6.45, 7) is 2.51. The lowest BCUT2D eigenvalue weighted by atomic mass is 9.44. The van der Waals surface area contributed by atoms with Crippen molar-refractivity contribution < 1.29 is 43.1 Å². The number of allylic oxidation sites excluding steroid dienone is 2. The number of halogens is 2. The van der Waals surface area contributed by atoms with Crippen molar-refractivity contribution in [3.8, 4) is 11.5 Å². The van der Waals surface area contributed by atoms with Crippen LogP contribution in [0.15, 0.2) is 72.3 Å². The molecule has 1 aliphatic heterocycles. The second-order valence-electron chi connectivity index (χ2n) is 13.4. The molecule has 8 nitrogen and oxygen atoms in total. The van der Waals surface area contributed by atoms with E-state index < -0.39 is 77.1 Å². The van der Waals surface area contributed by atoms with Crippen LogP contribution in [0.1, 0.15) is 45.0 Å². The number of rotatable bonds is 5. The lowest BCUT2D eigenvalue weighted by Crippen LogP contribution is -2.70. The summed E-state index contributed by atoms with van der Waals surface area (Å²) in [5.74, 6) is -1.01. The molecule has 0 radical (unpaired) electrons. The summed E-state index contributed by atoms with van der Waals surface area (Å²) in [7, 11) is 0. The Bertz CT molecular complexity index is 1530. The van der Waals surface area contributed by atoms with E-state index in [2.05, 4.69) is 0 Å². The molecule has 1 heterocycles. The number of hydrogen-bond acceptors (Lipinski definition) is 8. The number of ketones is 1. The number of hydrogen-bond donors (Lipinski definition) is 4. The fourth-order valence-electron chi connectivity index (χ4n) is 9.20. The van der Waals surface area contributed by atoms with Gasteiger partial charge in [-0.1, -0.05) is 31.2 Å². The molecule has 0 aromatic heterocycles. The quantitative estimate of drug-likeness (QED) is 0.288. The van der Waals surface area contributed by atoms with Crippen LogP contribution in [0.25, 0.3) is 0 Å². The average Bonchev–Trinajstić information content (AvgIpc) is 3.50. The Morgan fingerprint density at radius 3 is 2.36 bits per heavy atom. The second kappa shape index (κ2) is 9.92. The fraction of sp³-hybridized carbons (Fsp3) is 0.500. The maximum Gasteiger partial charge on any atom is 0.193 e. The van der Waals surface area contributed by atoms with E-state index in [1.54, 1.807) is 62.4 Å². The Morgan fingerprint density at radius 2 is 1.70 bits per heavy atom. The summed E-state index contributed by atoms with van der Waals surface area (Å²) in [5, 5.41) is 32.0. The van der Waals surface area contributed by atoms with Gasteiger partial charge in [-0.05, 0) is 80.2 Å². The number of aliphatic hydroxyl groups excluding tert-OH is 3. The highest BCUT2D eigenvalue weighted by atomic mass is 19.1. The molecule has 2 aromatic rings. The SMILES string of the molecule is C[C@]12C=CC(O)C=C1[C@@H](F)C[C@H]1[C@@H]3C[C@H]4O[C@@H](c5ccc(Oc6ccc(N)cc6)cc5)O[C@@]4(C(=O)CO)[C@@]3(C)C[C@H](O)[C@@]12F. The van der Waals surface area contributed by atoms with Crippen LogP contribution < -0.4 is 10.5 Å². The Labute approximate surface area is 254 Å². The Kier molecular flexibility index (Phi) is 6.67. The number of nitrogens with two attached hydrogens (primary N) is 1. The molecule has 234 valence electrons. The molecule has 11 atom stereocenters. The predicted molar refractivity (Wildman–Crippen MR) is 156 cm³/mol. The van der Waals surface area contributed by atoms with Crippen LogP contribution >= 0.6 is 0 Å². The van der Waals surface area contributed by atoms with Gasteiger partial charge in [0.05, 0.1) is 18.3 Å². The first-order valence-corrected chi connectivity index (χ1v) is 15.1. The van der Waals surface area contributed by atoms with Crippen molar-refractivity contribution in [2.75, 3.05) is 12.3 Å². The maximum atomic E-state index is 17.6. The number of fused-ring (bicyclic) bond motifs is 7. The van der Waals surface area contributed by atoms with Crippen LogP contribution in [-0.4, -0.2) is 63.5 Å². The number of Topliss-reactive ketones (excluding diaryl/α,β-unsaturated/α-hetero) is 1. The highest BCUT2D eigenvalue weighted by Gasteiger charge is 2.80. The fourth-order valence-corrected chi connectivity index (χ4v) is 9.20. The molecule has 4 aliphatic carbocycles. The molecular weight excluding hydrogens is 572 g/mol. The van der Waals surface area contributed by atoms with Crippen LogP contribution in [0.5, 0.6) is 11.5 Å². The third-order valence-electron chi connectivity index (χ3n) is 11.3. The van der Waals surface area contributed by atoms with Gasteiger partial charge >= 0.3 is 0 Å². The minimum Gasteiger partial charge on any atom is -0.457 e. The molecule has 0 bridgehead atoms. The molecule has 10 heteroatoms. The zero-order valence-electron chi connectivity index (χ0n) is 24.5. The van der Waals surface area contributed by atoms with E-state index in [-0.39, 0.29) is 24.8 Å². The summed E-state index contributed by atoms with van der Waals surface area (Å²) in [6.07, 6.45) is -1.93. The van der Waals surface area contributed by atoms with Gasteiger partial charge in [-0.2, -0.15) is 0 Å². The minimum absolute atomic E-state index is 0.129. The standard InChI is InChI=1S/C34H37F2NO7/c1-31-12-11-20(39)13-25(31)26(35)14-24-23-15-29-34(28(41)17-38,32(23,2)16-27(40)33(24,31)36)44-30(43-29)18-3-7-21(8-4-18)42-22-9-5-19(37)6-10-22/h3-13,20,23-24,26-27,29-30,38-40H,14-17,37H2,1-2H3/t20?,23-,24-,26-,27-,29+,30+,31-,32-,33-,34+/m0/s1. The zero-order valence-corrected chi connectivity index (χ0v) is 24.5. The summed E-state index contributed by atoms with van der Waals surface area (Å²) < 4.78 is 52.2. The Balaban J connectivity index is 1.20. The van der Waals surface area contributed by atoms with Crippen LogP contribution in [-0.2, 0) is 14.3 Å². The summed E-state index contributed by atoms with van der Waals surface area (Å²) in [4.78, 5) is 13.7. The van der Waals surface area contributed by atoms with Crippen LogP contribution in [0.3, 0.4) is 0 Å². The van der Waals surface area contributed by atoms with Crippen LogP contribution in [0.2, 0.25) is 0 Å². The van der Waals surface area contributed by atoms with E-state index in [1.165, 1.54) is 18.2 Å². The first-order chi connectivity index (χ1) is 20.9. The summed E-state index contributed by atoms with van der Waals surface area (Å²) in [6, 6.07) is 14.0. The normalized spacial score (nSPS) is 43.8. The number of carbonyl (C=O) groups is 1. The smallest absolute Gasteiger partial charge is 0.193 e. The first-order valence-electron chi connectivity index (χ1n) is 15.1. The largest absolute Gasteiger partial charge is 0.457 e. The van der Waals surface area contributed by atoms with Crippen LogP contribution in [0.4, 0.5) is 14.5 Å². The van der Waals surface area contributed by atoms with Gasteiger partial charge in [0.1, 0.15) is 24.3 Å². The van der Waals surface area contributed by atoms with Gasteiger partial charge in [0.25, 0.3) is 0 Å². The van der Waals surface area contributed by atoms with Crippen molar-refractivity contribution in [3.63, 3.8) is 0 Å². The molecule has 3 saturated carbocycles. The van der Waals surface area contributed by atoms with E-state index >= 15 is 8.78 Å². The maximum absolute atomic E-state index is 17.6. The van der Waals surface area contributed by atoms with Crippen molar-refractivity contribution in [1.29, 1.82) is 0 Å². The highest BCUT2D eigenvalue weighted by Crippen LogP contribution is 2.72. The van der Waals surface area contributed by atoms with Gasteiger partial charge in [0.15, 0.2) is 23.3 Å². The molecule has 1 unspecified atom stereocenters. The molecule has 4 fully saturated rings. The van der Waals surface area contributed by atoms with Gasteiger partial charge < -0.3 is 35.3 Å². The van der Waals surface area contributed by atoms with Crippen molar-refractivity contribution in [1.82, 2.24) is 0 Å². The number of benzene rings is 2. The van der Waals surface area contributed by atoms with Gasteiger partial charge in [-0.15, -0.1) is 0 Å². The monoisotopic (exact) mass is 609 g/mol. The molecule has 5 N–H and O–H groups in total. The van der Waals surface area contributed by atoms with Crippen molar-refractivity contribution >= 4 is 11.5 Å². The van der Waals surface area contributed by atoms with Crippen LogP contribution in [0, 0.1) is 22.7 Å². The summed E-state index contributed by atoms with van der Waals surface area (Å²) in [5.41, 5.74) is 0.511. The molecule has 7 rings (SSSR count). The first kappa shape index (κ1) is 29.6. The Morgan fingerprint density at radius 1 is 1.05 bits per heavy atom. The summed E-state index contributed by atoms with van der Waals surface area (Å²) >= 11 is 0. The lowest BCUT2D eigenvalue weighted by Gasteiger charge is -2.63. The number of nitrogen functional groups attached to an aromatic ring is 1.